The summed E-state index contributed by atoms with van der Waals surface area (Å²) in [5.74, 6) is 0. The molecular formula is C4H6Cl2. The minimum atomic E-state index is -0.338. The molecule has 0 rings (SSSR count). The molecular weight excluding hydrogens is 119 g/mol. The Morgan fingerprint density at radius 3 is 2.00 bits per heavy atom. The van der Waals surface area contributed by atoms with Gasteiger partial charge in [-0.25, -0.2) is 0 Å². The summed E-state index contributed by atoms with van der Waals surface area (Å²) in [6.45, 7) is 1.87. The van der Waals surface area contributed by atoms with Crippen molar-refractivity contribution in [3.8, 4) is 0 Å². The van der Waals surface area contributed by atoms with E-state index >= 15 is 0 Å². The minimum Gasteiger partial charge on any atom is -0.101 e. The van der Waals surface area contributed by atoms with Crippen LogP contribution in [0.15, 0.2) is 12.2 Å². The fourth-order valence-electron chi connectivity index (χ4n) is 0.145. The molecule has 0 amide bonds. The summed E-state index contributed by atoms with van der Waals surface area (Å²) >= 11 is 10.5. The molecule has 0 nitrogen and oxygen atoms in total. The average Bonchev–Trinajstić information content (AvgIpc) is 1.35. The third-order valence-electron chi connectivity index (χ3n) is 0.338. The number of hydrogen-bond acceptors (Lipinski definition) is 0. The van der Waals surface area contributed by atoms with E-state index in [2.05, 4.69) is 0 Å². The maximum atomic E-state index is 5.26. The van der Waals surface area contributed by atoms with Crippen molar-refractivity contribution in [2.45, 2.75) is 11.8 Å². The summed E-state index contributed by atoms with van der Waals surface area (Å²) in [5.41, 5.74) is 0. The van der Waals surface area contributed by atoms with Gasteiger partial charge in [-0.2, -0.15) is 0 Å². The average molecular weight is 125 g/mol. The van der Waals surface area contributed by atoms with E-state index in [9.17, 15) is 0 Å². The van der Waals surface area contributed by atoms with Gasteiger partial charge < -0.3 is 0 Å². The van der Waals surface area contributed by atoms with Gasteiger partial charge in [0, 0.05) is 0 Å². The predicted octanol–water partition coefficient (Wildman–Crippen LogP) is 2.37. The zero-order chi connectivity index (χ0) is 4.99. The van der Waals surface area contributed by atoms with E-state index in [0.29, 0.717) is 0 Å². The van der Waals surface area contributed by atoms with Gasteiger partial charge in [-0.15, -0.1) is 23.2 Å². The third-order valence-corrected chi connectivity index (χ3v) is 0.629. The van der Waals surface area contributed by atoms with Crippen LogP contribution in [0.4, 0.5) is 0 Å². The van der Waals surface area contributed by atoms with E-state index in [0.717, 1.165) is 0 Å². The highest BCUT2D eigenvalue weighted by molar-refractivity contribution is 6.45. The molecule has 0 spiro atoms. The summed E-state index contributed by atoms with van der Waals surface area (Å²) in [7, 11) is 0. The van der Waals surface area contributed by atoms with Crippen LogP contribution in [0.2, 0.25) is 0 Å². The van der Waals surface area contributed by atoms with Crippen LogP contribution in [-0.2, 0) is 0 Å². The Labute approximate surface area is 47.8 Å². The van der Waals surface area contributed by atoms with Crippen LogP contribution in [0.1, 0.15) is 6.92 Å². The van der Waals surface area contributed by atoms with Crippen LogP contribution >= 0.6 is 23.2 Å². The van der Waals surface area contributed by atoms with Crippen molar-refractivity contribution in [3.05, 3.63) is 12.2 Å². The van der Waals surface area contributed by atoms with Crippen LogP contribution in [0.5, 0.6) is 0 Å². The molecule has 0 N–H and O–H groups in total. The molecule has 0 unspecified atom stereocenters. The lowest BCUT2D eigenvalue weighted by Crippen LogP contribution is -1.71. The molecule has 0 aromatic carbocycles. The Morgan fingerprint density at radius 2 is 2.00 bits per heavy atom. The Bertz CT molecular complexity index is 47.5. The molecule has 0 heterocycles. The fraction of sp³-hybridized carbons (Fsp3) is 0.500. The number of halogens is 2. The molecule has 0 fully saturated rings. The third kappa shape index (κ3) is 4.32. The fourth-order valence-corrected chi connectivity index (χ4v) is 0.436. The number of allylic oxidation sites excluding steroid dienone is 2. The molecule has 0 aliphatic heterocycles. The van der Waals surface area contributed by atoms with Crippen LogP contribution in [0.25, 0.3) is 0 Å². The minimum absolute atomic E-state index is 0.338. The highest BCUT2D eigenvalue weighted by atomic mass is 35.5. The van der Waals surface area contributed by atoms with Crippen molar-refractivity contribution in [2.75, 3.05) is 0 Å². The van der Waals surface area contributed by atoms with Crippen molar-refractivity contribution in [1.29, 1.82) is 0 Å². The van der Waals surface area contributed by atoms with Crippen molar-refractivity contribution < 1.29 is 0 Å². The van der Waals surface area contributed by atoms with Crippen LogP contribution in [-0.4, -0.2) is 4.84 Å². The van der Waals surface area contributed by atoms with Gasteiger partial charge in [0.15, 0.2) is 0 Å². The highest BCUT2D eigenvalue weighted by Gasteiger charge is 1.83. The summed E-state index contributed by atoms with van der Waals surface area (Å²) in [4.78, 5) is -0.338. The van der Waals surface area contributed by atoms with Gasteiger partial charge in [0.05, 0.1) is 0 Å². The normalized spacial score (nSPS) is 11.3. The van der Waals surface area contributed by atoms with Crippen molar-refractivity contribution in [3.63, 3.8) is 0 Å². The topological polar surface area (TPSA) is 0 Å². The van der Waals surface area contributed by atoms with Crippen LogP contribution < -0.4 is 0 Å². The number of alkyl halides is 2. The molecule has 0 saturated heterocycles. The lowest BCUT2D eigenvalue weighted by molar-refractivity contribution is 1.56. The first-order valence-corrected chi connectivity index (χ1v) is 2.55. The van der Waals surface area contributed by atoms with Gasteiger partial charge in [0.25, 0.3) is 0 Å². The predicted molar refractivity (Wildman–Crippen MR) is 30.3 cm³/mol. The first-order valence-electron chi connectivity index (χ1n) is 1.68. The zero-order valence-electron chi connectivity index (χ0n) is 3.49. The molecule has 0 radical (unpaired) electrons. The van der Waals surface area contributed by atoms with E-state index in [1.807, 2.05) is 13.0 Å². The molecule has 6 heavy (non-hydrogen) atoms. The molecule has 0 atom stereocenters. The highest BCUT2D eigenvalue weighted by Crippen LogP contribution is 2.00. The lowest BCUT2D eigenvalue weighted by Gasteiger charge is -1.81. The first kappa shape index (κ1) is 6.32. The lowest BCUT2D eigenvalue weighted by atomic mass is 10.6. The van der Waals surface area contributed by atoms with Gasteiger partial charge in [-0.3, -0.25) is 0 Å². The van der Waals surface area contributed by atoms with E-state index in [1.165, 1.54) is 0 Å². The number of hydrogen-bond donors (Lipinski definition) is 0. The summed E-state index contributed by atoms with van der Waals surface area (Å²) < 4.78 is 0. The van der Waals surface area contributed by atoms with Crippen molar-refractivity contribution in [2.24, 2.45) is 0 Å². The molecule has 0 aliphatic rings. The van der Waals surface area contributed by atoms with Crippen molar-refractivity contribution >= 4 is 23.2 Å². The van der Waals surface area contributed by atoms with Crippen LogP contribution in [0.3, 0.4) is 0 Å². The Kier molecular flexibility index (Phi) is 3.70. The van der Waals surface area contributed by atoms with E-state index in [1.54, 1.807) is 6.08 Å². The summed E-state index contributed by atoms with van der Waals surface area (Å²) in [5, 5.41) is 0. The Balaban J connectivity index is 3.03. The second-order valence-electron chi connectivity index (χ2n) is 0.860. The molecule has 36 valence electrons. The Morgan fingerprint density at radius 1 is 1.50 bits per heavy atom. The van der Waals surface area contributed by atoms with Crippen molar-refractivity contribution in [1.82, 2.24) is 0 Å². The van der Waals surface area contributed by atoms with Gasteiger partial charge in [0.1, 0.15) is 4.84 Å². The van der Waals surface area contributed by atoms with Gasteiger partial charge in [-0.1, -0.05) is 12.2 Å². The van der Waals surface area contributed by atoms with E-state index in [-0.39, 0.29) is 4.84 Å². The van der Waals surface area contributed by atoms with Gasteiger partial charge in [-0.05, 0) is 6.92 Å². The Hall–Kier alpha value is 0.320. The summed E-state index contributed by atoms with van der Waals surface area (Å²) in [6.07, 6.45) is 3.51. The maximum Gasteiger partial charge on any atom is 0.125 e. The second kappa shape index (κ2) is 3.51. The first-order chi connectivity index (χ1) is 2.77. The quantitative estimate of drug-likeness (QED) is 0.372. The largest absolute Gasteiger partial charge is 0.125 e. The summed E-state index contributed by atoms with van der Waals surface area (Å²) in [6, 6.07) is 0. The monoisotopic (exact) mass is 124 g/mol. The van der Waals surface area contributed by atoms with E-state index in [4.69, 9.17) is 23.2 Å². The van der Waals surface area contributed by atoms with E-state index < -0.39 is 0 Å². The molecule has 0 aromatic heterocycles. The maximum absolute atomic E-state index is 5.26. The smallest absolute Gasteiger partial charge is 0.101 e. The molecule has 0 bridgehead atoms. The molecule has 0 saturated carbocycles. The molecule has 0 aromatic rings. The van der Waals surface area contributed by atoms with Crippen LogP contribution in [0, 0.1) is 0 Å². The molecule has 2 heteroatoms. The zero-order valence-corrected chi connectivity index (χ0v) is 5.00. The molecule has 0 aliphatic carbocycles. The SMILES string of the molecule is C/C=C/C(Cl)Cl. The second-order valence-corrected chi connectivity index (χ2v) is 2.02. The standard InChI is InChI=1S/C4H6Cl2/c1-2-3-4(5)6/h2-4H,1H3/b3-2+. The van der Waals surface area contributed by atoms with Gasteiger partial charge >= 0.3 is 0 Å². The van der Waals surface area contributed by atoms with Gasteiger partial charge in [0.2, 0.25) is 0 Å². The number of rotatable bonds is 1.